The van der Waals surface area contributed by atoms with Crippen molar-refractivity contribution in [2.75, 3.05) is 5.32 Å². The number of hydrogen-bond acceptors (Lipinski definition) is 5. The molecule has 0 spiro atoms. The Bertz CT molecular complexity index is 866. The minimum absolute atomic E-state index is 0.142. The van der Waals surface area contributed by atoms with Crippen LogP contribution in [0.25, 0.3) is 21.0 Å². The van der Waals surface area contributed by atoms with Crippen LogP contribution in [0.5, 0.6) is 0 Å². The Balaban J connectivity index is 1.83. The topological polar surface area (TPSA) is 79.3 Å². The molecule has 0 fully saturated rings. The fraction of sp³-hybridized carbons (Fsp3) is 0.0625. The second kappa shape index (κ2) is 6.31. The molecule has 3 rings (SSSR count). The number of aromatic carboxylic acids is 1. The van der Waals surface area contributed by atoms with E-state index in [2.05, 4.69) is 10.3 Å². The molecule has 0 unspecified atom stereocenters. The molecule has 0 atom stereocenters. The van der Waals surface area contributed by atoms with E-state index in [0.29, 0.717) is 5.13 Å². The largest absolute Gasteiger partial charge is 0.478 e. The van der Waals surface area contributed by atoms with Gasteiger partial charge in [-0.3, -0.25) is 4.79 Å². The fourth-order valence-electron chi connectivity index (χ4n) is 2.00. The van der Waals surface area contributed by atoms with Gasteiger partial charge in [0.2, 0.25) is 5.91 Å². The molecule has 2 N–H and O–H groups in total. The van der Waals surface area contributed by atoms with Crippen molar-refractivity contribution in [3.05, 3.63) is 47.3 Å². The van der Waals surface area contributed by atoms with E-state index in [1.165, 1.54) is 18.3 Å². The Morgan fingerprint density at radius 2 is 1.78 bits per heavy atom. The van der Waals surface area contributed by atoms with E-state index in [4.69, 9.17) is 5.11 Å². The Labute approximate surface area is 140 Å². The molecule has 0 radical (unpaired) electrons. The highest BCUT2D eigenvalue weighted by Crippen LogP contribution is 2.35. The van der Waals surface area contributed by atoms with E-state index in [0.717, 1.165) is 21.0 Å². The molecule has 2 heterocycles. The number of thiophene rings is 1. The lowest BCUT2D eigenvalue weighted by Crippen LogP contribution is -2.04. The monoisotopic (exact) mass is 344 g/mol. The lowest BCUT2D eigenvalue weighted by molar-refractivity contribution is -0.114. The number of aromatic nitrogens is 1. The molecule has 0 saturated heterocycles. The van der Waals surface area contributed by atoms with Gasteiger partial charge >= 0.3 is 5.97 Å². The van der Waals surface area contributed by atoms with Gasteiger partial charge in [-0.05, 0) is 29.8 Å². The highest BCUT2D eigenvalue weighted by molar-refractivity contribution is 7.19. The fourth-order valence-corrected chi connectivity index (χ4v) is 3.81. The molecule has 3 aromatic rings. The van der Waals surface area contributed by atoms with Crippen LogP contribution in [-0.4, -0.2) is 22.0 Å². The number of hydrogen-bond donors (Lipinski definition) is 2. The maximum absolute atomic E-state index is 11.0. The average Bonchev–Trinajstić information content (AvgIpc) is 3.15. The quantitative estimate of drug-likeness (QED) is 0.743. The highest BCUT2D eigenvalue weighted by atomic mass is 32.1. The normalized spacial score (nSPS) is 10.5. The van der Waals surface area contributed by atoms with E-state index in [9.17, 15) is 9.59 Å². The Hall–Kier alpha value is -2.51. The van der Waals surface area contributed by atoms with Crippen molar-refractivity contribution in [1.82, 2.24) is 4.98 Å². The van der Waals surface area contributed by atoms with Gasteiger partial charge in [0.15, 0.2) is 5.13 Å². The first-order valence-corrected chi connectivity index (χ1v) is 8.39. The van der Waals surface area contributed by atoms with Gasteiger partial charge in [0.05, 0.1) is 16.1 Å². The van der Waals surface area contributed by atoms with E-state index in [-0.39, 0.29) is 11.5 Å². The standard InChI is InChI=1S/C16H12N2O3S2/c1-9(19)17-16-18-12(8-22-16)14-7-6-13(23-14)10-2-4-11(5-3-10)15(20)21/h2-8H,1H3,(H,20,21)(H,17,18,19). The zero-order chi connectivity index (χ0) is 16.4. The summed E-state index contributed by atoms with van der Waals surface area (Å²) in [6.07, 6.45) is 0. The van der Waals surface area contributed by atoms with Gasteiger partial charge in [-0.1, -0.05) is 12.1 Å². The average molecular weight is 344 g/mol. The van der Waals surface area contributed by atoms with Crippen molar-refractivity contribution < 1.29 is 14.7 Å². The van der Waals surface area contributed by atoms with Crippen LogP contribution < -0.4 is 5.32 Å². The molecule has 116 valence electrons. The third-order valence-electron chi connectivity index (χ3n) is 3.06. The molecular weight excluding hydrogens is 332 g/mol. The number of nitrogens with zero attached hydrogens (tertiary/aromatic N) is 1. The van der Waals surface area contributed by atoms with Crippen molar-refractivity contribution in [2.24, 2.45) is 0 Å². The molecule has 7 heteroatoms. The van der Waals surface area contributed by atoms with Crippen LogP contribution in [0.2, 0.25) is 0 Å². The van der Waals surface area contributed by atoms with Crippen LogP contribution in [0.3, 0.4) is 0 Å². The molecule has 0 aliphatic rings. The SMILES string of the molecule is CC(=O)Nc1nc(-c2ccc(-c3ccc(C(=O)O)cc3)s2)cs1. The molecule has 5 nitrogen and oxygen atoms in total. The van der Waals surface area contributed by atoms with Crippen LogP contribution in [0, 0.1) is 0 Å². The first kappa shape index (κ1) is 15.4. The van der Waals surface area contributed by atoms with Gasteiger partial charge in [-0.25, -0.2) is 9.78 Å². The summed E-state index contributed by atoms with van der Waals surface area (Å²) in [5, 5.41) is 14.1. The zero-order valence-electron chi connectivity index (χ0n) is 12.1. The first-order chi connectivity index (χ1) is 11.0. The van der Waals surface area contributed by atoms with Crippen molar-refractivity contribution >= 4 is 39.7 Å². The second-order valence-electron chi connectivity index (χ2n) is 4.77. The number of amides is 1. The molecule has 0 aliphatic heterocycles. The minimum Gasteiger partial charge on any atom is -0.478 e. The van der Waals surface area contributed by atoms with Crippen molar-refractivity contribution in [2.45, 2.75) is 6.92 Å². The van der Waals surface area contributed by atoms with Crippen LogP contribution >= 0.6 is 22.7 Å². The number of rotatable bonds is 4. The number of anilines is 1. The lowest BCUT2D eigenvalue weighted by Gasteiger charge is -1.98. The van der Waals surface area contributed by atoms with Crippen LogP contribution in [0.15, 0.2) is 41.8 Å². The summed E-state index contributed by atoms with van der Waals surface area (Å²) in [5.41, 5.74) is 2.05. The molecule has 23 heavy (non-hydrogen) atoms. The molecular formula is C16H12N2O3S2. The molecule has 0 aliphatic carbocycles. The maximum Gasteiger partial charge on any atom is 0.335 e. The molecule has 1 amide bonds. The lowest BCUT2D eigenvalue weighted by atomic mass is 10.1. The number of carboxylic acids is 1. The Kier molecular flexibility index (Phi) is 4.22. The van der Waals surface area contributed by atoms with Gasteiger partial charge in [0.25, 0.3) is 0 Å². The van der Waals surface area contributed by atoms with Crippen LogP contribution in [-0.2, 0) is 4.79 Å². The summed E-state index contributed by atoms with van der Waals surface area (Å²) in [5.74, 6) is -1.08. The maximum atomic E-state index is 11.0. The summed E-state index contributed by atoms with van der Waals surface area (Å²) in [7, 11) is 0. The van der Waals surface area contributed by atoms with Crippen LogP contribution in [0.4, 0.5) is 5.13 Å². The Morgan fingerprint density at radius 3 is 2.43 bits per heavy atom. The van der Waals surface area contributed by atoms with Crippen LogP contribution in [0.1, 0.15) is 17.3 Å². The predicted octanol–water partition coefficient (Wildman–Crippen LogP) is 4.20. The number of carbonyl (C=O) groups is 2. The number of carbonyl (C=O) groups excluding carboxylic acids is 1. The van der Waals surface area contributed by atoms with Crippen molar-refractivity contribution in [3.8, 4) is 21.0 Å². The summed E-state index contributed by atoms with van der Waals surface area (Å²) in [4.78, 5) is 28.3. The van der Waals surface area contributed by atoms with Crippen molar-refractivity contribution in [3.63, 3.8) is 0 Å². The Morgan fingerprint density at radius 1 is 1.09 bits per heavy atom. The molecule has 1 aromatic carbocycles. The van der Waals surface area contributed by atoms with E-state index >= 15 is 0 Å². The van der Waals surface area contributed by atoms with Gasteiger partial charge < -0.3 is 10.4 Å². The van der Waals surface area contributed by atoms with Gasteiger partial charge in [-0.15, -0.1) is 22.7 Å². The van der Waals surface area contributed by atoms with Gasteiger partial charge in [0, 0.05) is 17.2 Å². The zero-order valence-corrected chi connectivity index (χ0v) is 13.7. The smallest absolute Gasteiger partial charge is 0.335 e. The first-order valence-electron chi connectivity index (χ1n) is 6.70. The third-order valence-corrected chi connectivity index (χ3v) is 4.98. The second-order valence-corrected chi connectivity index (χ2v) is 6.71. The molecule has 2 aromatic heterocycles. The minimum atomic E-state index is -0.934. The third kappa shape index (κ3) is 3.46. The van der Waals surface area contributed by atoms with Gasteiger partial charge in [0.1, 0.15) is 0 Å². The highest BCUT2D eigenvalue weighted by Gasteiger charge is 2.10. The predicted molar refractivity (Wildman–Crippen MR) is 92.1 cm³/mol. The summed E-state index contributed by atoms with van der Waals surface area (Å²) < 4.78 is 0. The number of carboxylic acid groups (broad SMARTS) is 1. The van der Waals surface area contributed by atoms with Crippen molar-refractivity contribution in [1.29, 1.82) is 0 Å². The number of benzene rings is 1. The number of thiazole rings is 1. The summed E-state index contributed by atoms with van der Waals surface area (Å²) in [6, 6.07) is 10.7. The molecule has 0 bridgehead atoms. The summed E-state index contributed by atoms with van der Waals surface area (Å²) >= 11 is 2.95. The van der Waals surface area contributed by atoms with E-state index in [1.807, 2.05) is 17.5 Å². The van der Waals surface area contributed by atoms with E-state index < -0.39 is 5.97 Å². The summed E-state index contributed by atoms with van der Waals surface area (Å²) in [6.45, 7) is 1.45. The van der Waals surface area contributed by atoms with E-state index in [1.54, 1.807) is 35.6 Å². The van der Waals surface area contributed by atoms with Gasteiger partial charge in [-0.2, -0.15) is 0 Å². The molecule has 0 saturated carbocycles. The number of nitrogens with one attached hydrogen (secondary N) is 1.